The van der Waals surface area contributed by atoms with Gasteiger partial charge in [-0.25, -0.2) is 9.67 Å². The zero-order chi connectivity index (χ0) is 23.1. The number of benzene rings is 1. The van der Waals surface area contributed by atoms with E-state index in [9.17, 15) is 4.79 Å². The Morgan fingerprint density at radius 3 is 2.76 bits per heavy atom. The van der Waals surface area contributed by atoms with Gasteiger partial charge in [0.1, 0.15) is 5.82 Å². The van der Waals surface area contributed by atoms with Gasteiger partial charge in [-0.2, -0.15) is 10.2 Å². The first kappa shape index (κ1) is 21.0. The maximum Gasteiger partial charge on any atom is 0.257 e. The Kier molecular flexibility index (Phi) is 5.24. The van der Waals surface area contributed by atoms with E-state index in [-0.39, 0.29) is 5.91 Å². The number of rotatable bonds is 7. The van der Waals surface area contributed by atoms with Crippen molar-refractivity contribution in [1.82, 2.24) is 24.5 Å². The van der Waals surface area contributed by atoms with Crippen molar-refractivity contribution in [2.24, 2.45) is 7.05 Å². The van der Waals surface area contributed by atoms with Crippen LogP contribution in [-0.2, 0) is 13.6 Å². The number of nitrogens with one attached hydrogen (secondary N) is 1. The largest absolute Gasteiger partial charge is 0.493 e. The summed E-state index contributed by atoms with van der Waals surface area (Å²) in [6.45, 7) is 2.31. The van der Waals surface area contributed by atoms with Gasteiger partial charge in [0, 0.05) is 30.3 Å². The summed E-state index contributed by atoms with van der Waals surface area (Å²) in [6, 6.07) is 9.38. The van der Waals surface area contributed by atoms with Gasteiger partial charge in [-0.05, 0) is 31.9 Å². The van der Waals surface area contributed by atoms with Crippen molar-refractivity contribution in [3.8, 4) is 11.5 Å². The van der Waals surface area contributed by atoms with Crippen LogP contribution in [-0.4, -0.2) is 44.7 Å². The quantitative estimate of drug-likeness (QED) is 0.465. The number of carbonyl (C=O) groups is 1. The third-order valence-electron chi connectivity index (χ3n) is 5.99. The highest BCUT2D eigenvalue weighted by atomic mass is 16.5. The average Bonchev–Trinajstić information content (AvgIpc) is 3.52. The third kappa shape index (κ3) is 3.79. The van der Waals surface area contributed by atoms with Crippen LogP contribution in [0.2, 0.25) is 0 Å². The topological polar surface area (TPSA) is 96.1 Å². The Bertz CT molecular complexity index is 1350. The van der Waals surface area contributed by atoms with Gasteiger partial charge in [-0.15, -0.1) is 0 Å². The molecule has 1 N–H and O–H groups in total. The van der Waals surface area contributed by atoms with Crippen LogP contribution in [0.4, 0.5) is 5.82 Å². The molecule has 1 amide bonds. The summed E-state index contributed by atoms with van der Waals surface area (Å²) in [5.41, 5.74) is 3.93. The van der Waals surface area contributed by atoms with E-state index in [0.29, 0.717) is 35.3 Å². The molecule has 5 rings (SSSR count). The SMILES string of the molecule is COc1cccc(Cn2nccc2NC(=O)c2cc(C3CC3)nc3c2c(C)nn3C)c1OC. The highest BCUT2D eigenvalue weighted by molar-refractivity contribution is 6.12. The zero-order valence-corrected chi connectivity index (χ0v) is 19.1. The number of fused-ring (bicyclic) bond motifs is 1. The first-order chi connectivity index (χ1) is 16.0. The molecule has 4 aromatic rings. The predicted octanol–water partition coefficient (Wildman–Crippen LogP) is 3.67. The lowest BCUT2D eigenvalue weighted by Crippen LogP contribution is -2.17. The minimum atomic E-state index is -0.209. The van der Waals surface area contributed by atoms with Crippen molar-refractivity contribution in [2.75, 3.05) is 19.5 Å². The molecule has 9 heteroatoms. The number of para-hydroxylation sites is 1. The van der Waals surface area contributed by atoms with Crippen LogP contribution in [0.25, 0.3) is 11.0 Å². The van der Waals surface area contributed by atoms with Crippen LogP contribution in [0, 0.1) is 6.92 Å². The number of methoxy groups -OCH3 is 2. The van der Waals surface area contributed by atoms with Crippen molar-refractivity contribution in [3.63, 3.8) is 0 Å². The van der Waals surface area contributed by atoms with Crippen molar-refractivity contribution >= 4 is 22.8 Å². The Morgan fingerprint density at radius 1 is 1.21 bits per heavy atom. The molecule has 0 radical (unpaired) electrons. The fourth-order valence-corrected chi connectivity index (χ4v) is 4.22. The Labute approximate surface area is 191 Å². The van der Waals surface area contributed by atoms with Crippen LogP contribution < -0.4 is 14.8 Å². The standard InChI is InChI=1S/C24H26N6O3/c1-14-21-17(12-18(15-8-9-15)26-23(21)29(2)28-14)24(31)27-20-10-11-25-30(20)13-16-6-5-7-19(32-3)22(16)33-4/h5-7,10-12,15H,8-9,13H2,1-4H3,(H,27,31). The fraction of sp³-hybridized carbons (Fsp3) is 0.333. The van der Waals surface area contributed by atoms with Gasteiger partial charge in [0.15, 0.2) is 17.1 Å². The second-order valence-electron chi connectivity index (χ2n) is 8.26. The van der Waals surface area contributed by atoms with Gasteiger partial charge in [0.05, 0.1) is 43.6 Å². The molecule has 1 aromatic carbocycles. The maximum atomic E-state index is 13.4. The highest BCUT2D eigenvalue weighted by Crippen LogP contribution is 2.40. The Balaban J connectivity index is 1.47. The lowest BCUT2D eigenvalue weighted by Gasteiger charge is -2.14. The molecule has 0 saturated heterocycles. The number of ether oxygens (including phenoxy) is 2. The van der Waals surface area contributed by atoms with Crippen LogP contribution in [0.1, 0.15) is 46.1 Å². The first-order valence-electron chi connectivity index (χ1n) is 10.9. The average molecular weight is 447 g/mol. The van der Waals surface area contributed by atoms with Crippen molar-refractivity contribution in [3.05, 3.63) is 59.0 Å². The van der Waals surface area contributed by atoms with E-state index in [1.54, 1.807) is 35.8 Å². The maximum absolute atomic E-state index is 13.4. The van der Waals surface area contributed by atoms with Crippen molar-refractivity contribution < 1.29 is 14.3 Å². The summed E-state index contributed by atoms with van der Waals surface area (Å²) in [5.74, 6) is 2.08. The summed E-state index contributed by atoms with van der Waals surface area (Å²) >= 11 is 0. The molecular weight excluding hydrogens is 420 g/mol. The molecule has 3 aromatic heterocycles. The normalized spacial score (nSPS) is 13.3. The zero-order valence-electron chi connectivity index (χ0n) is 19.1. The van der Waals surface area contributed by atoms with Crippen LogP contribution >= 0.6 is 0 Å². The Hall–Kier alpha value is -3.88. The minimum Gasteiger partial charge on any atom is -0.493 e. The number of hydrogen-bond acceptors (Lipinski definition) is 6. The number of carbonyl (C=O) groups excluding carboxylic acids is 1. The molecule has 1 aliphatic rings. The molecule has 9 nitrogen and oxygen atoms in total. The number of aromatic nitrogens is 5. The molecule has 1 fully saturated rings. The predicted molar refractivity (Wildman–Crippen MR) is 124 cm³/mol. The fourth-order valence-electron chi connectivity index (χ4n) is 4.22. The highest BCUT2D eigenvalue weighted by Gasteiger charge is 2.28. The molecule has 0 aliphatic heterocycles. The number of anilines is 1. The third-order valence-corrected chi connectivity index (χ3v) is 5.99. The summed E-state index contributed by atoms with van der Waals surface area (Å²) in [4.78, 5) is 18.2. The molecule has 0 unspecified atom stereocenters. The van der Waals surface area contributed by atoms with E-state index >= 15 is 0 Å². The second-order valence-corrected chi connectivity index (χ2v) is 8.26. The molecule has 33 heavy (non-hydrogen) atoms. The molecule has 0 atom stereocenters. The molecule has 1 saturated carbocycles. The van der Waals surface area contributed by atoms with Gasteiger partial charge in [-0.3, -0.25) is 9.48 Å². The smallest absolute Gasteiger partial charge is 0.257 e. The summed E-state index contributed by atoms with van der Waals surface area (Å²) < 4.78 is 14.4. The molecule has 0 bridgehead atoms. The van der Waals surface area contributed by atoms with Crippen molar-refractivity contribution in [2.45, 2.75) is 32.2 Å². The Morgan fingerprint density at radius 2 is 2.03 bits per heavy atom. The van der Waals surface area contributed by atoms with Crippen LogP contribution in [0.3, 0.4) is 0 Å². The molecule has 3 heterocycles. The monoisotopic (exact) mass is 446 g/mol. The lowest BCUT2D eigenvalue weighted by atomic mass is 10.1. The number of nitrogens with zero attached hydrogens (tertiary/aromatic N) is 5. The van der Waals surface area contributed by atoms with Crippen molar-refractivity contribution in [1.29, 1.82) is 0 Å². The molecular formula is C24H26N6O3. The van der Waals surface area contributed by atoms with Gasteiger partial charge >= 0.3 is 0 Å². The number of hydrogen-bond donors (Lipinski definition) is 1. The number of aryl methyl sites for hydroxylation is 2. The van der Waals surface area contributed by atoms with Gasteiger partial charge < -0.3 is 14.8 Å². The van der Waals surface area contributed by atoms with E-state index in [1.807, 2.05) is 38.2 Å². The summed E-state index contributed by atoms with van der Waals surface area (Å²) in [5, 5.41) is 12.7. The van der Waals surface area contributed by atoms with E-state index in [1.165, 1.54) is 0 Å². The van der Waals surface area contributed by atoms with E-state index in [0.717, 1.165) is 40.8 Å². The van der Waals surface area contributed by atoms with E-state index in [4.69, 9.17) is 14.5 Å². The van der Waals surface area contributed by atoms with Gasteiger partial charge in [-0.1, -0.05) is 12.1 Å². The van der Waals surface area contributed by atoms with Crippen LogP contribution in [0.15, 0.2) is 36.5 Å². The number of amides is 1. The first-order valence-corrected chi connectivity index (χ1v) is 10.9. The van der Waals surface area contributed by atoms with Gasteiger partial charge in [0.25, 0.3) is 5.91 Å². The summed E-state index contributed by atoms with van der Waals surface area (Å²) in [6.07, 6.45) is 3.87. The van der Waals surface area contributed by atoms with Crippen LogP contribution in [0.5, 0.6) is 11.5 Å². The number of pyridine rings is 1. The van der Waals surface area contributed by atoms with Gasteiger partial charge in [0.2, 0.25) is 0 Å². The van der Waals surface area contributed by atoms with E-state index < -0.39 is 0 Å². The molecule has 1 aliphatic carbocycles. The molecule has 170 valence electrons. The van der Waals surface area contributed by atoms with E-state index in [2.05, 4.69) is 15.5 Å². The second kappa shape index (κ2) is 8.23. The minimum absolute atomic E-state index is 0.209. The summed E-state index contributed by atoms with van der Waals surface area (Å²) in [7, 11) is 5.07. The lowest BCUT2D eigenvalue weighted by molar-refractivity contribution is 0.102. The molecule has 0 spiro atoms.